The Balaban J connectivity index is 2.42. The van der Waals surface area contributed by atoms with Gasteiger partial charge in [0, 0.05) is 30.6 Å². The van der Waals surface area contributed by atoms with Gasteiger partial charge in [0.25, 0.3) is 0 Å². The topological polar surface area (TPSA) is 41.1 Å². The summed E-state index contributed by atoms with van der Waals surface area (Å²) in [5.74, 6) is 3.07. The lowest BCUT2D eigenvalue weighted by atomic mass is 9.95. The third kappa shape index (κ3) is 3.22. The number of aromatic nitrogens is 2. The molecule has 112 valence electrons. The zero-order valence-corrected chi connectivity index (χ0v) is 13.6. The Bertz CT molecular complexity index is 456. The summed E-state index contributed by atoms with van der Waals surface area (Å²) in [5, 5.41) is 3.46. The zero-order chi connectivity index (χ0) is 14.8. The molecule has 0 spiro atoms. The third-order valence-electron chi connectivity index (χ3n) is 3.74. The van der Waals surface area contributed by atoms with Crippen LogP contribution in [0.3, 0.4) is 0 Å². The Hall–Kier alpha value is -1.32. The van der Waals surface area contributed by atoms with E-state index in [0.29, 0.717) is 0 Å². The molecule has 1 aliphatic rings. The van der Waals surface area contributed by atoms with E-state index in [0.717, 1.165) is 43.5 Å². The Labute approximate surface area is 123 Å². The van der Waals surface area contributed by atoms with E-state index in [1.165, 1.54) is 18.4 Å². The lowest BCUT2D eigenvalue weighted by Gasteiger charge is -2.25. The minimum atomic E-state index is -0.0230. The Morgan fingerprint density at radius 3 is 2.35 bits per heavy atom. The maximum Gasteiger partial charge on any atom is 0.138 e. The van der Waals surface area contributed by atoms with Crippen LogP contribution in [-0.2, 0) is 5.41 Å². The molecule has 0 saturated carbocycles. The SMILES string of the molecule is CCCNc1nc(C(C)(C)C)nc(N2CCCC2)c1C. The fourth-order valence-electron chi connectivity index (χ4n) is 2.49. The molecule has 0 aromatic carbocycles. The summed E-state index contributed by atoms with van der Waals surface area (Å²) < 4.78 is 0. The summed E-state index contributed by atoms with van der Waals surface area (Å²) in [5.41, 5.74) is 1.17. The number of anilines is 2. The van der Waals surface area contributed by atoms with Gasteiger partial charge < -0.3 is 10.2 Å². The molecule has 1 aliphatic heterocycles. The van der Waals surface area contributed by atoms with Gasteiger partial charge in [-0.2, -0.15) is 0 Å². The third-order valence-corrected chi connectivity index (χ3v) is 3.74. The fraction of sp³-hybridized carbons (Fsp3) is 0.750. The molecule has 4 heteroatoms. The maximum absolute atomic E-state index is 4.87. The smallest absolute Gasteiger partial charge is 0.138 e. The van der Waals surface area contributed by atoms with Gasteiger partial charge >= 0.3 is 0 Å². The van der Waals surface area contributed by atoms with Gasteiger partial charge in [-0.25, -0.2) is 9.97 Å². The quantitative estimate of drug-likeness (QED) is 0.913. The zero-order valence-electron chi connectivity index (χ0n) is 13.6. The molecular weight excluding hydrogens is 248 g/mol. The number of rotatable bonds is 4. The first kappa shape index (κ1) is 15.1. The van der Waals surface area contributed by atoms with E-state index in [1.54, 1.807) is 0 Å². The van der Waals surface area contributed by atoms with E-state index in [-0.39, 0.29) is 5.41 Å². The van der Waals surface area contributed by atoms with Gasteiger partial charge in [0.15, 0.2) is 0 Å². The summed E-state index contributed by atoms with van der Waals surface area (Å²) in [6.07, 6.45) is 3.64. The molecule has 1 saturated heterocycles. The van der Waals surface area contributed by atoms with Gasteiger partial charge in [-0.15, -0.1) is 0 Å². The van der Waals surface area contributed by atoms with Crippen molar-refractivity contribution in [2.75, 3.05) is 29.9 Å². The van der Waals surface area contributed by atoms with Crippen molar-refractivity contribution in [3.05, 3.63) is 11.4 Å². The van der Waals surface area contributed by atoms with Crippen LogP contribution in [0.2, 0.25) is 0 Å². The van der Waals surface area contributed by atoms with Crippen LogP contribution < -0.4 is 10.2 Å². The second kappa shape index (κ2) is 5.98. The van der Waals surface area contributed by atoms with Gasteiger partial charge in [-0.05, 0) is 26.2 Å². The van der Waals surface area contributed by atoms with Crippen molar-refractivity contribution in [3.8, 4) is 0 Å². The van der Waals surface area contributed by atoms with Crippen LogP contribution in [0.1, 0.15) is 58.3 Å². The number of hydrogen-bond donors (Lipinski definition) is 1. The van der Waals surface area contributed by atoms with Gasteiger partial charge in [-0.3, -0.25) is 0 Å². The predicted octanol–water partition coefficient (Wildman–Crippen LogP) is 3.50. The molecule has 0 amide bonds. The molecule has 0 bridgehead atoms. The molecule has 1 aromatic rings. The molecule has 1 fully saturated rings. The fourth-order valence-corrected chi connectivity index (χ4v) is 2.49. The monoisotopic (exact) mass is 276 g/mol. The molecule has 0 unspecified atom stereocenters. The molecule has 1 N–H and O–H groups in total. The number of hydrogen-bond acceptors (Lipinski definition) is 4. The number of nitrogens with zero attached hydrogens (tertiary/aromatic N) is 3. The maximum atomic E-state index is 4.87. The van der Waals surface area contributed by atoms with Crippen LogP contribution in [0.15, 0.2) is 0 Å². The largest absolute Gasteiger partial charge is 0.370 e. The standard InChI is InChI=1S/C16H28N4/c1-6-9-17-13-12(2)14(20-10-7-8-11-20)19-15(18-13)16(3,4)5/h6-11H2,1-5H3,(H,17,18,19). The first-order valence-electron chi connectivity index (χ1n) is 7.81. The molecule has 20 heavy (non-hydrogen) atoms. The van der Waals surface area contributed by atoms with Crippen LogP contribution >= 0.6 is 0 Å². The number of nitrogens with one attached hydrogen (secondary N) is 1. The predicted molar refractivity (Wildman–Crippen MR) is 85.7 cm³/mol. The second-order valence-electron chi connectivity index (χ2n) is 6.72. The highest BCUT2D eigenvalue weighted by molar-refractivity contribution is 5.59. The van der Waals surface area contributed by atoms with Crippen molar-refractivity contribution in [3.63, 3.8) is 0 Å². The Kier molecular flexibility index (Phi) is 4.51. The molecular formula is C16H28N4. The van der Waals surface area contributed by atoms with Crippen LogP contribution in [0, 0.1) is 6.92 Å². The van der Waals surface area contributed by atoms with E-state index >= 15 is 0 Å². The summed E-state index contributed by atoms with van der Waals surface area (Å²) in [4.78, 5) is 12.0. The molecule has 0 atom stereocenters. The van der Waals surface area contributed by atoms with E-state index in [1.807, 2.05) is 0 Å². The normalized spacial score (nSPS) is 15.8. The van der Waals surface area contributed by atoms with E-state index in [4.69, 9.17) is 9.97 Å². The highest BCUT2D eigenvalue weighted by atomic mass is 15.2. The second-order valence-corrected chi connectivity index (χ2v) is 6.72. The van der Waals surface area contributed by atoms with Crippen LogP contribution in [0.4, 0.5) is 11.6 Å². The van der Waals surface area contributed by atoms with Crippen LogP contribution in [0.5, 0.6) is 0 Å². The van der Waals surface area contributed by atoms with Gasteiger partial charge in [0.2, 0.25) is 0 Å². The van der Waals surface area contributed by atoms with Crippen LogP contribution in [0.25, 0.3) is 0 Å². The van der Waals surface area contributed by atoms with E-state index in [2.05, 4.69) is 44.8 Å². The van der Waals surface area contributed by atoms with Crippen molar-refractivity contribution in [1.82, 2.24) is 9.97 Å². The highest BCUT2D eigenvalue weighted by Crippen LogP contribution is 2.30. The van der Waals surface area contributed by atoms with Crippen LogP contribution in [-0.4, -0.2) is 29.6 Å². The molecule has 2 rings (SSSR count). The van der Waals surface area contributed by atoms with Crippen molar-refractivity contribution >= 4 is 11.6 Å². The van der Waals surface area contributed by atoms with Crippen molar-refractivity contribution in [1.29, 1.82) is 0 Å². The van der Waals surface area contributed by atoms with Crippen molar-refractivity contribution in [2.45, 2.75) is 59.3 Å². The first-order valence-corrected chi connectivity index (χ1v) is 7.81. The average Bonchev–Trinajstić information content (AvgIpc) is 2.90. The molecule has 1 aromatic heterocycles. The lowest BCUT2D eigenvalue weighted by molar-refractivity contribution is 0.544. The molecule has 2 heterocycles. The van der Waals surface area contributed by atoms with Gasteiger partial charge in [-0.1, -0.05) is 27.7 Å². The van der Waals surface area contributed by atoms with E-state index < -0.39 is 0 Å². The first-order chi connectivity index (χ1) is 9.43. The molecule has 0 aliphatic carbocycles. The van der Waals surface area contributed by atoms with E-state index in [9.17, 15) is 0 Å². The van der Waals surface area contributed by atoms with Gasteiger partial charge in [0.1, 0.15) is 17.5 Å². The molecule has 4 nitrogen and oxygen atoms in total. The van der Waals surface area contributed by atoms with Gasteiger partial charge in [0.05, 0.1) is 0 Å². The summed E-state index contributed by atoms with van der Waals surface area (Å²) >= 11 is 0. The molecule has 0 radical (unpaired) electrons. The highest BCUT2D eigenvalue weighted by Gasteiger charge is 2.24. The van der Waals surface area contributed by atoms with Crippen molar-refractivity contribution in [2.24, 2.45) is 0 Å². The summed E-state index contributed by atoms with van der Waals surface area (Å²) in [6, 6.07) is 0. The Morgan fingerprint density at radius 2 is 1.80 bits per heavy atom. The summed E-state index contributed by atoms with van der Waals surface area (Å²) in [6.45, 7) is 14.0. The minimum absolute atomic E-state index is 0.0230. The lowest BCUT2D eigenvalue weighted by Crippen LogP contribution is -2.25. The Morgan fingerprint density at radius 1 is 1.15 bits per heavy atom. The minimum Gasteiger partial charge on any atom is -0.370 e. The van der Waals surface area contributed by atoms with Crippen molar-refractivity contribution < 1.29 is 0 Å². The summed E-state index contributed by atoms with van der Waals surface area (Å²) in [7, 11) is 0. The average molecular weight is 276 g/mol.